The van der Waals surface area contributed by atoms with Gasteiger partial charge < -0.3 is 14.8 Å². The topological polar surface area (TPSA) is 30.5 Å². The molecule has 3 heteroatoms. The van der Waals surface area contributed by atoms with Crippen molar-refractivity contribution in [1.29, 1.82) is 0 Å². The van der Waals surface area contributed by atoms with Gasteiger partial charge in [0.2, 0.25) is 0 Å². The number of nitrogens with one attached hydrogen (secondary N) is 1. The number of methoxy groups -OCH3 is 1. The van der Waals surface area contributed by atoms with Crippen LogP contribution in [0.2, 0.25) is 0 Å². The summed E-state index contributed by atoms with van der Waals surface area (Å²) in [5, 5.41) is 3.59. The Bertz CT molecular complexity index is 213. The third kappa shape index (κ3) is 6.17. The molecule has 2 unspecified atom stereocenters. The van der Waals surface area contributed by atoms with Crippen LogP contribution in [0, 0.1) is 0 Å². The van der Waals surface area contributed by atoms with Gasteiger partial charge in [-0.05, 0) is 58.9 Å². The summed E-state index contributed by atoms with van der Waals surface area (Å²) in [7, 11) is 1.80. The van der Waals surface area contributed by atoms with Crippen molar-refractivity contribution in [2.75, 3.05) is 20.3 Å². The van der Waals surface area contributed by atoms with E-state index in [1.54, 1.807) is 7.11 Å². The predicted octanol–water partition coefficient (Wildman–Crippen LogP) is 3.13. The Morgan fingerprint density at radius 2 is 2.17 bits per heavy atom. The molecule has 1 aliphatic rings. The fraction of sp³-hybridized carbons (Fsp3) is 1.00. The first-order chi connectivity index (χ1) is 8.57. The van der Waals surface area contributed by atoms with Gasteiger partial charge in [-0.25, -0.2) is 0 Å². The molecule has 2 atom stereocenters. The molecule has 0 aromatic rings. The molecule has 18 heavy (non-hydrogen) atoms. The summed E-state index contributed by atoms with van der Waals surface area (Å²) in [5.41, 5.74) is -0.00245. The zero-order chi connectivity index (χ0) is 13.4. The van der Waals surface area contributed by atoms with Gasteiger partial charge in [-0.3, -0.25) is 0 Å². The highest BCUT2D eigenvalue weighted by Gasteiger charge is 2.21. The van der Waals surface area contributed by atoms with Crippen molar-refractivity contribution in [2.45, 2.75) is 77.0 Å². The zero-order valence-corrected chi connectivity index (χ0v) is 12.6. The van der Waals surface area contributed by atoms with Crippen molar-refractivity contribution in [3.8, 4) is 0 Å². The van der Waals surface area contributed by atoms with Gasteiger partial charge in [0.1, 0.15) is 0 Å². The molecular weight excluding hydrogens is 226 g/mol. The van der Waals surface area contributed by atoms with E-state index in [-0.39, 0.29) is 5.60 Å². The van der Waals surface area contributed by atoms with E-state index in [4.69, 9.17) is 9.47 Å². The van der Waals surface area contributed by atoms with Crippen LogP contribution >= 0.6 is 0 Å². The summed E-state index contributed by atoms with van der Waals surface area (Å²) in [6.07, 6.45) is 7.72. The fourth-order valence-corrected chi connectivity index (χ4v) is 2.52. The number of hydrogen-bond donors (Lipinski definition) is 1. The number of hydrogen-bond acceptors (Lipinski definition) is 3. The second-order valence-electron chi connectivity index (χ2n) is 5.97. The highest BCUT2D eigenvalue weighted by molar-refractivity contribution is 4.76. The highest BCUT2D eigenvalue weighted by Crippen LogP contribution is 2.21. The quantitative estimate of drug-likeness (QED) is 0.688. The molecule has 0 radical (unpaired) electrons. The third-order valence-corrected chi connectivity index (χ3v) is 4.00. The average Bonchev–Trinajstić information content (AvgIpc) is 2.86. The normalized spacial score (nSPS) is 22.3. The largest absolute Gasteiger partial charge is 0.379 e. The van der Waals surface area contributed by atoms with E-state index < -0.39 is 0 Å². The van der Waals surface area contributed by atoms with Gasteiger partial charge in [0, 0.05) is 19.8 Å². The maximum atomic E-state index is 5.70. The minimum Gasteiger partial charge on any atom is -0.379 e. The lowest BCUT2D eigenvalue weighted by Gasteiger charge is -2.26. The van der Waals surface area contributed by atoms with Gasteiger partial charge in [0.25, 0.3) is 0 Å². The summed E-state index contributed by atoms with van der Waals surface area (Å²) in [6, 6.07) is 0.605. The van der Waals surface area contributed by atoms with Gasteiger partial charge in [-0.1, -0.05) is 6.92 Å². The molecule has 0 aromatic carbocycles. The first-order valence-electron chi connectivity index (χ1n) is 7.47. The molecular formula is C15H31NO2. The minimum absolute atomic E-state index is 0.00245. The van der Waals surface area contributed by atoms with Crippen LogP contribution in [0.1, 0.15) is 59.3 Å². The van der Waals surface area contributed by atoms with Gasteiger partial charge in [-0.2, -0.15) is 0 Å². The SMILES string of the molecule is CCNC(CCC1CCCO1)CCC(C)(C)OC. The average molecular weight is 257 g/mol. The van der Waals surface area contributed by atoms with Crippen molar-refractivity contribution in [3.63, 3.8) is 0 Å². The maximum absolute atomic E-state index is 5.70. The van der Waals surface area contributed by atoms with E-state index in [1.165, 1.54) is 32.1 Å². The molecule has 0 aliphatic carbocycles. The first kappa shape index (κ1) is 15.9. The molecule has 0 saturated carbocycles. The van der Waals surface area contributed by atoms with Crippen molar-refractivity contribution in [3.05, 3.63) is 0 Å². The van der Waals surface area contributed by atoms with Crippen LogP contribution in [0.4, 0.5) is 0 Å². The Hall–Kier alpha value is -0.120. The molecule has 0 spiro atoms. The van der Waals surface area contributed by atoms with Crippen molar-refractivity contribution >= 4 is 0 Å². The summed E-state index contributed by atoms with van der Waals surface area (Å²) < 4.78 is 11.2. The van der Waals surface area contributed by atoms with Gasteiger partial charge in [0.05, 0.1) is 11.7 Å². The van der Waals surface area contributed by atoms with Gasteiger partial charge in [-0.15, -0.1) is 0 Å². The summed E-state index contributed by atoms with van der Waals surface area (Å²) in [4.78, 5) is 0. The third-order valence-electron chi connectivity index (χ3n) is 4.00. The Morgan fingerprint density at radius 3 is 2.72 bits per heavy atom. The molecule has 3 nitrogen and oxygen atoms in total. The van der Waals surface area contributed by atoms with Crippen LogP contribution in [-0.2, 0) is 9.47 Å². The maximum Gasteiger partial charge on any atom is 0.0623 e. The second kappa shape index (κ2) is 8.13. The second-order valence-corrected chi connectivity index (χ2v) is 5.97. The smallest absolute Gasteiger partial charge is 0.0623 e. The lowest BCUT2D eigenvalue weighted by atomic mass is 9.95. The van der Waals surface area contributed by atoms with Crippen LogP contribution in [0.3, 0.4) is 0 Å². The molecule has 1 rings (SSSR count). The minimum atomic E-state index is -0.00245. The van der Waals surface area contributed by atoms with Gasteiger partial charge >= 0.3 is 0 Å². The van der Waals surface area contributed by atoms with E-state index in [0.717, 1.165) is 19.6 Å². The van der Waals surface area contributed by atoms with Crippen molar-refractivity contribution < 1.29 is 9.47 Å². The van der Waals surface area contributed by atoms with Crippen molar-refractivity contribution in [2.24, 2.45) is 0 Å². The molecule has 1 fully saturated rings. The van der Waals surface area contributed by atoms with Crippen molar-refractivity contribution in [1.82, 2.24) is 5.32 Å². The first-order valence-corrected chi connectivity index (χ1v) is 7.47. The Kier molecular flexibility index (Phi) is 7.20. The van der Waals surface area contributed by atoms with Crippen LogP contribution in [0.25, 0.3) is 0 Å². The zero-order valence-electron chi connectivity index (χ0n) is 12.6. The van der Waals surface area contributed by atoms with Crippen LogP contribution in [0.5, 0.6) is 0 Å². The molecule has 0 amide bonds. The van der Waals surface area contributed by atoms with Crippen LogP contribution in [0.15, 0.2) is 0 Å². The Labute approximate surface area is 113 Å². The molecule has 1 heterocycles. The lowest BCUT2D eigenvalue weighted by Crippen LogP contribution is -2.33. The molecule has 1 saturated heterocycles. The van der Waals surface area contributed by atoms with E-state index >= 15 is 0 Å². The van der Waals surface area contributed by atoms with E-state index in [9.17, 15) is 0 Å². The van der Waals surface area contributed by atoms with Crippen LogP contribution < -0.4 is 5.32 Å². The molecule has 0 bridgehead atoms. The summed E-state index contributed by atoms with van der Waals surface area (Å²) in [5.74, 6) is 0. The molecule has 1 aliphatic heterocycles. The monoisotopic (exact) mass is 257 g/mol. The number of ether oxygens (including phenoxy) is 2. The number of rotatable bonds is 9. The fourth-order valence-electron chi connectivity index (χ4n) is 2.52. The Balaban J connectivity index is 2.25. The predicted molar refractivity (Wildman–Crippen MR) is 76.0 cm³/mol. The molecule has 108 valence electrons. The lowest BCUT2D eigenvalue weighted by molar-refractivity contribution is 0.0111. The Morgan fingerprint density at radius 1 is 1.39 bits per heavy atom. The summed E-state index contributed by atoms with van der Waals surface area (Å²) >= 11 is 0. The van der Waals surface area contributed by atoms with Gasteiger partial charge in [0.15, 0.2) is 0 Å². The summed E-state index contributed by atoms with van der Waals surface area (Å²) in [6.45, 7) is 8.52. The van der Waals surface area contributed by atoms with Crippen LogP contribution in [-0.4, -0.2) is 38.0 Å². The van der Waals surface area contributed by atoms with E-state index in [0.29, 0.717) is 12.1 Å². The highest BCUT2D eigenvalue weighted by atomic mass is 16.5. The molecule has 0 aromatic heterocycles. The molecule has 1 N–H and O–H groups in total. The van der Waals surface area contributed by atoms with E-state index in [1.807, 2.05) is 0 Å². The van der Waals surface area contributed by atoms with E-state index in [2.05, 4.69) is 26.1 Å². The standard InChI is InChI=1S/C15H31NO2/c1-5-16-13(10-11-15(2,3)17-4)8-9-14-7-6-12-18-14/h13-14,16H,5-12H2,1-4H3.